The molecular weight excluding hydrogens is 262 g/mol. The number of halogens is 1. The number of rotatable bonds is 0. The van der Waals surface area contributed by atoms with Crippen LogP contribution in [0.1, 0.15) is 9.67 Å². The fourth-order valence-corrected chi connectivity index (χ4v) is 4.23. The van der Waals surface area contributed by atoms with Crippen LogP contribution in [0.25, 0.3) is 10.1 Å². The maximum Gasteiger partial charge on any atom is 0.262 e. The quantitative estimate of drug-likeness (QED) is 0.794. The molecule has 3 rings (SSSR count). The van der Waals surface area contributed by atoms with Crippen LogP contribution in [0.4, 0.5) is 0 Å². The van der Waals surface area contributed by atoms with Gasteiger partial charge < -0.3 is 5.32 Å². The van der Waals surface area contributed by atoms with Crippen molar-refractivity contribution in [2.45, 2.75) is 4.90 Å². The van der Waals surface area contributed by atoms with Crippen molar-refractivity contribution in [3.8, 4) is 0 Å². The lowest BCUT2D eigenvalue weighted by molar-refractivity contribution is 0.0959. The van der Waals surface area contributed by atoms with Gasteiger partial charge in [-0.15, -0.1) is 23.1 Å². The van der Waals surface area contributed by atoms with Gasteiger partial charge in [-0.2, -0.15) is 0 Å². The molecule has 1 amide bonds. The Kier molecular flexibility index (Phi) is 2.58. The maximum absolute atomic E-state index is 11.8. The van der Waals surface area contributed by atoms with Crippen molar-refractivity contribution in [3.05, 3.63) is 28.1 Å². The number of thiophene rings is 1. The zero-order chi connectivity index (χ0) is 11.1. The number of hydrogen-bond acceptors (Lipinski definition) is 3. The highest BCUT2D eigenvalue weighted by molar-refractivity contribution is 7.99. The van der Waals surface area contributed by atoms with Crippen molar-refractivity contribution in [2.75, 3.05) is 12.3 Å². The third-order valence-electron chi connectivity index (χ3n) is 2.44. The second-order valence-corrected chi connectivity index (χ2v) is 6.10. The van der Waals surface area contributed by atoms with Crippen molar-refractivity contribution in [1.82, 2.24) is 5.32 Å². The Hall–Kier alpha value is -0.710. The number of carbonyl (C=O) groups is 1. The third kappa shape index (κ3) is 1.61. The second kappa shape index (κ2) is 3.95. The first-order chi connectivity index (χ1) is 7.75. The molecule has 5 heteroatoms. The Morgan fingerprint density at radius 1 is 1.38 bits per heavy atom. The molecule has 0 bridgehead atoms. The molecule has 0 unspecified atom stereocenters. The zero-order valence-corrected chi connectivity index (χ0v) is 10.6. The van der Waals surface area contributed by atoms with Gasteiger partial charge in [0.1, 0.15) is 4.88 Å². The van der Waals surface area contributed by atoms with Gasteiger partial charge in [-0.05, 0) is 18.2 Å². The van der Waals surface area contributed by atoms with Crippen molar-refractivity contribution in [3.63, 3.8) is 0 Å². The zero-order valence-electron chi connectivity index (χ0n) is 8.25. The lowest BCUT2D eigenvalue weighted by Crippen LogP contribution is -2.22. The smallest absolute Gasteiger partial charge is 0.262 e. The van der Waals surface area contributed by atoms with Crippen LogP contribution in [-0.4, -0.2) is 18.2 Å². The number of benzene rings is 1. The van der Waals surface area contributed by atoms with E-state index in [-0.39, 0.29) is 5.91 Å². The monoisotopic (exact) mass is 269 g/mol. The van der Waals surface area contributed by atoms with E-state index in [2.05, 4.69) is 5.32 Å². The van der Waals surface area contributed by atoms with Gasteiger partial charge in [-0.1, -0.05) is 11.6 Å². The number of amides is 1. The van der Waals surface area contributed by atoms with Crippen molar-refractivity contribution >= 4 is 50.7 Å². The van der Waals surface area contributed by atoms with E-state index >= 15 is 0 Å². The average Bonchev–Trinajstić information content (AvgIpc) is 2.52. The summed E-state index contributed by atoms with van der Waals surface area (Å²) >= 11 is 9.26. The average molecular weight is 270 g/mol. The van der Waals surface area contributed by atoms with Gasteiger partial charge in [-0.25, -0.2) is 0 Å². The van der Waals surface area contributed by atoms with Crippen LogP contribution in [-0.2, 0) is 0 Å². The summed E-state index contributed by atoms with van der Waals surface area (Å²) in [4.78, 5) is 13.7. The normalized spacial score (nSPS) is 15.7. The number of nitrogens with one attached hydrogen (secondary N) is 1. The minimum absolute atomic E-state index is 0.0392. The van der Waals surface area contributed by atoms with Gasteiger partial charge in [0.05, 0.1) is 0 Å². The molecule has 0 atom stereocenters. The van der Waals surface area contributed by atoms with Gasteiger partial charge in [0, 0.05) is 32.3 Å². The van der Waals surface area contributed by atoms with E-state index < -0.39 is 0 Å². The van der Waals surface area contributed by atoms with Crippen molar-refractivity contribution in [1.29, 1.82) is 0 Å². The number of fused-ring (bicyclic) bond motifs is 3. The molecule has 0 saturated carbocycles. The molecule has 2 nitrogen and oxygen atoms in total. The fraction of sp³-hybridized carbons (Fsp3) is 0.182. The van der Waals surface area contributed by atoms with Gasteiger partial charge in [-0.3, -0.25) is 4.79 Å². The topological polar surface area (TPSA) is 29.1 Å². The summed E-state index contributed by atoms with van der Waals surface area (Å²) < 4.78 is 1.12. The van der Waals surface area contributed by atoms with E-state index in [9.17, 15) is 4.79 Å². The summed E-state index contributed by atoms with van der Waals surface area (Å²) in [6.07, 6.45) is 0. The summed E-state index contributed by atoms with van der Waals surface area (Å²) in [6, 6.07) is 5.78. The van der Waals surface area contributed by atoms with E-state index in [0.29, 0.717) is 0 Å². The molecule has 1 aliphatic rings. The van der Waals surface area contributed by atoms with Crippen molar-refractivity contribution in [2.24, 2.45) is 0 Å². The highest BCUT2D eigenvalue weighted by Crippen LogP contribution is 2.40. The fourth-order valence-electron chi connectivity index (χ4n) is 1.74. The molecular formula is C11H8ClNOS2. The molecule has 0 saturated heterocycles. The Morgan fingerprint density at radius 2 is 2.25 bits per heavy atom. The number of carbonyl (C=O) groups excluding carboxylic acids is 1. The van der Waals surface area contributed by atoms with Crippen LogP contribution in [0.3, 0.4) is 0 Å². The standard InChI is InChI=1S/C11H8ClNOS2/c12-6-1-2-8-7(5-6)9-10(16-8)11(14)13-3-4-15-9/h1-2,5H,3-4H2,(H,13,14). The summed E-state index contributed by atoms with van der Waals surface area (Å²) in [7, 11) is 0. The molecule has 1 aliphatic heterocycles. The van der Waals surface area contributed by atoms with E-state index in [0.717, 1.165) is 37.2 Å². The maximum atomic E-state index is 11.8. The van der Waals surface area contributed by atoms with Crippen molar-refractivity contribution < 1.29 is 4.79 Å². The largest absolute Gasteiger partial charge is 0.350 e. The third-order valence-corrected chi connectivity index (χ3v) is 5.10. The Morgan fingerprint density at radius 3 is 3.12 bits per heavy atom. The molecule has 1 aromatic heterocycles. The molecule has 0 radical (unpaired) electrons. The molecule has 0 aliphatic carbocycles. The number of thioether (sulfide) groups is 1. The Labute approximate surface area is 106 Å². The Balaban J connectivity index is 2.30. The molecule has 2 aromatic rings. The van der Waals surface area contributed by atoms with Crippen LogP contribution in [0.2, 0.25) is 5.02 Å². The van der Waals surface area contributed by atoms with Gasteiger partial charge in [0.15, 0.2) is 0 Å². The lowest BCUT2D eigenvalue weighted by atomic mass is 10.2. The second-order valence-electron chi connectivity index (χ2n) is 3.51. The SMILES string of the molecule is O=C1NCCSc2c1sc1ccc(Cl)cc21. The number of hydrogen-bond donors (Lipinski definition) is 1. The van der Waals surface area contributed by atoms with E-state index in [4.69, 9.17) is 11.6 Å². The van der Waals surface area contributed by atoms with E-state index in [1.807, 2.05) is 18.2 Å². The molecule has 2 heterocycles. The molecule has 1 N–H and O–H groups in total. The van der Waals surface area contributed by atoms with Gasteiger partial charge >= 0.3 is 0 Å². The minimum Gasteiger partial charge on any atom is -0.350 e. The molecule has 0 spiro atoms. The van der Waals surface area contributed by atoms with E-state index in [1.165, 1.54) is 11.3 Å². The molecule has 82 valence electrons. The first kappa shape index (κ1) is 10.4. The molecule has 1 aromatic carbocycles. The highest BCUT2D eigenvalue weighted by Gasteiger charge is 2.21. The highest BCUT2D eigenvalue weighted by atomic mass is 35.5. The Bertz CT molecular complexity index is 579. The van der Waals surface area contributed by atoms with Crippen LogP contribution in [0.5, 0.6) is 0 Å². The lowest BCUT2D eigenvalue weighted by Gasteiger charge is -1.97. The summed E-state index contributed by atoms with van der Waals surface area (Å²) in [5, 5.41) is 4.72. The summed E-state index contributed by atoms with van der Waals surface area (Å²) in [5.74, 6) is 0.953. The molecule has 0 fully saturated rings. The van der Waals surface area contributed by atoms with Crippen LogP contribution >= 0.6 is 34.7 Å². The predicted molar refractivity (Wildman–Crippen MR) is 69.9 cm³/mol. The van der Waals surface area contributed by atoms with Gasteiger partial charge in [0.2, 0.25) is 0 Å². The van der Waals surface area contributed by atoms with Crippen LogP contribution < -0.4 is 5.32 Å². The first-order valence-corrected chi connectivity index (χ1v) is 7.07. The molecule has 16 heavy (non-hydrogen) atoms. The van der Waals surface area contributed by atoms with Gasteiger partial charge in [0.25, 0.3) is 5.91 Å². The summed E-state index contributed by atoms with van der Waals surface area (Å²) in [6.45, 7) is 0.729. The van der Waals surface area contributed by atoms with Crippen LogP contribution in [0, 0.1) is 0 Å². The van der Waals surface area contributed by atoms with Crippen LogP contribution in [0.15, 0.2) is 23.1 Å². The minimum atomic E-state index is 0.0392. The van der Waals surface area contributed by atoms with E-state index in [1.54, 1.807) is 11.8 Å². The predicted octanol–water partition coefficient (Wildman–Crippen LogP) is 3.39. The first-order valence-electron chi connectivity index (χ1n) is 4.89. The summed E-state index contributed by atoms with van der Waals surface area (Å²) in [5.41, 5.74) is 0.